The van der Waals surface area contributed by atoms with E-state index in [4.69, 9.17) is 11.0 Å². The van der Waals surface area contributed by atoms with Crippen LogP contribution in [0.4, 0.5) is 10.1 Å². The van der Waals surface area contributed by atoms with Crippen LogP contribution in [0.2, 0.25) is 0 Å². The molecular formula is C7H4BrFN2. The van der Waals surface area contributed by atoms with Crippen LogP contribution in [0.15, 0.2) is 16.6 Å². The van der Waals surface area contributed by atoms with E-state index in [-0.39, 0.29) is 5.56 Å². The van der Waals surface area contributed by atoms with Gasteiger partial charge in [0, 0.05) is 10.2 Å². The first-order valence-electron chi connectivity index (χ1n) is 2.79. The third kappa shape index (κ3) is 1.49. The van der Waals surface area contributed by atoms with Crippen molar-refractivity contribution in [3.63, 3.8) is 0 Å². The lowest BCUT2D eigenvalue weighted by Crippen LogP contribution is -1.90. The van der Waals surface area contributed by atoms with Crippen molar-refractivity contribution in [3.8, 4) is 6.07 Å². The van der Waals surface area contributed by atoms with Gasteiger partial charge in [0.25, 0.3) is 0 Å². The molecule has 2 N–H and O–H groups in total. The van der Waals surface area contributed by atoms with Crippen LogP contribution in [0.25, 0.3) is 0 Å². The Hall–Kier alpha value is -1.08. The first-order valence-corrected chi connectivity index (χ1v) is 3.59. The molecule has 2 nitrogen and oxygen atoms in total. The zero-order valence-electron chi connectivity index (χ0n) is 5.44. The van der Waals surface area contributed by atoms with Gasteiger partial charge in [-0.2, -0.15) is 5.26 Å². The van der Waals surface area contributed by atoms with Gasteiger partial charge in [-0.25, -0.2) is 4.39 Å². The number of hydrogen-bond donors (Lipinski definition) is 1. The van der Waals surface area contributed by atoms with Crippen molar-refractivity contribution in [1.82, 2.24) is 0 Å². The molecule has 0 aliphatic carbocycles. The number of rotatable bonds is 0. The Morgan fingerprint density at radius 3 is 2.64 bits per heavy atom. The SMILES string of the molecule is N#Cc1c(F)cc(N)cc1Br. The van der Waals surface area contributed by atoms with Crippen molar-refractivity contribution in [1.29, 1.82) is 5.26 Å². The third-order valence-corrected chi connectivity index (χ3v) is 1.80. The molecule has 0 saturated heterocycles. The van der Waals surface area contributed by atoms with Gasteiger partial charge in [-0.05, 0) is 28.1 Å². The Labute approximate surface area is 71.6 Å². The Balaban J connectivity index is 3.40. The van der Waals surface area contributed by atoms with Crippen molar-refractivity contribution >= 4 is 21.6 Å². The average molecular weight is 215 g/mol. The third-order valence-electron chi connectivity index (χ3n) is 1.18. The van der Waals surface area contributed by atoms with Gasteiger partial charge in [0.2, 0.25) is 0 Å². The smallest absolute Gasteiger partial charge is 0.144 e. The molecule has 1 aromatic carbocycles. The minimum absolute atomic E-state index is 0.0146. The van der Waals surface area contributed by atoms with Crippen LogP contribution in [0, 0.1) is 17.1 Å². The first-order chi connectivity index (χ1) is 5.15. The fourth-order valence-electron chi connectivity index (χ4n) is 0.700. The molecule has 0 fully saturated rings. The zero-order chi connectivity index (χ0) is 8.43. The topological polar surface area (TPSA) is 49.8 Å². The maximum atomic E-state index is 12.8. The summed E-state index contributed by atoms with van der Waals surface area (Å²) < 4.78 is 13.2. The van der Waals surface area contributed by atoms with E-state index in [1.54, 1.807) is 6.07 Å². The van der Waals surface area contributed by atoms with Crippen LogP contribution in [0.3, 0.4) is 0 Å². The van der Waals surface area contributed by atoms with Gasteiger partial charge in [-0.3, -0.25) is 0 Å². The second kappa shape index (κ2) is 2.89. The minimum Gasteiger partial charge on any atom is -0.399 e. The number of nitrogen functional groups attached to an aromatic ring is 1. The number of nitrogens with two attached hydrogens (primary N) is 1. The summed E-state index contributed by atoms with van der Waals surface area (Å²) in [7, 11) is 0. The van der Waals surface area contributed by atoms with E-state index in [9.17, 15) is 4.39 Å². The van der Waals surface area contributed by atoms with Crippen molar-refractivity contribution in [2.45, 2.75) is 0 Å². The predicted octanol–water partition coefficient (Wildman–Crippen LogP) is 2.04. The Morgan fingerprint density at radius 1 is 1.55 bits per heavy atom. The second-order valence-electron chi connectivity index (χ2n) is 1.97. The highest BCUT2D eigenvalue weighted by Crippen LogP contribution is 2.22. The van der Waals surface area contributed by atoms with E-state index in [1.165, 1.54) is 6.07 Å². The molecule has 0 radical (unpaired) electrons. The molecule has 0 atom stereocenters. The van der Waals surface area contributed by atoms with Crippen LogP contribution in [-0.4, -0.2) is 0 Å². The second-order valence-corrected chi connectivity index (χ2v) is 2.83. The molecule has 0 aliphatic heterocycles. The summed E-state index contributed by atoms with van der Waals surface area (Å²) in [5.74, 6) is -0.598. The lowest BCUT2D eigenvalue weighted by atomic mass is 10.2. The molecule has 0 bridgehead atoms. The van der Waals surface area contributed by atoms with Crippen LogP contribution >= 0.6 is 15.9 Å². The summed E-state index contributed by atoms with van der Waals surface area (Å²) in [6.45, 7) is 0. The first kappa shape index (κ1) is 8.02. The predicted molar refractivity (Wildman–Crippen MR) is 43.2 cm³/mol. The lowest BCUT2D eigenvalue weighted by molar-refractivity contribution is 0.623. The van der Waals surface area contributed by atoms with E-state index >= 15 is 0 Å². The van der Waals surface area contributed by atoms with Crippen LogP contribution in [0.5, 0.6) is 0 Å². The van der Waals surface area contributed by atoms with Gasteiger partial charge in [0.1, 0.15) is 17.4 Å². The maximum Gasteiger partial charge on any atom is 0.144 e. The standard InChI is InChI=1S/C7H4BrFN2/c8-6-1-4(11)2-7(9)5(6)3-10/h1-2H,11H2. The summed E-state index contributed by atoms with van der Waals surface area (Å²) >= 11 is 3.02. The van der Waals surface area contributed by atoms with Crippen molar-refractivity contribution in [3.05, 3.63) is 28.0 Å². The van der Waals surface area contributed by atoms with E-state index in [0.717, 1.165) is 6.07 Å². The van der Waals surface area contributed by atoms with E-state index in [2.05, 4.69) is 15.9 Å². The van der Waals surface area contributed by atoms with Gasteiger partial charge in [-0.15, -0.1) is 0 Å². The van der Waals surface area contributed by atoms with E-state index in [0.29, 0.717) is 10.2 Å². The minimum atomic E-state index is -0.598. The summed E-state index contributed by atoms with van der Waals surface area (Å²) in [4.78, 5) is 0. The quantitative estimate of drug-likeness (QED) is 0.673. The number of nitrogens with zero attached hydrogens (tertiary/aromatic N) is 1. The molecule has 0 saturated carbocycles. The molecule has 1 aromatic rings. The summed E-state index contributed by atoms with van der Waals surface area (Å²) in [5, 5.41) is 8.43. The Bertz CT molecular complexity index is 307. The molecule has 11 heavy (non-hydrogen) atoms. The fraction of sp³-hybridized carbons (Fsp3) is 0. The van der Waals surface area contributed by atoms with Crippen molar-refractivity contribution in [2.24, 2.45) is 0 Å². The molecule has 0 aliphatic rings. The van der Waals surface area contributed by atoms with Crippen LogP contribution < -0.4 is 5.73 Å². The Morgan fingerprint density at radius 2 is 2.18 bits per heavy atom. The van der Waals surface area contributed by atoms with Crippen molar-refractivity contribution in [2.75, 3.05) is 5.73 Å². The largest absolute Gasteiger partial charge is 0.399 e. The number of hydrogen-bond acceptors (Lipinski definition) is 2. The van der Waals surface area contributed by atoms with Gasteiger partial charge < -0.3 is 5.73 Å². The van der Waals surface area contributed by atoms with Crippen LogP contribution in [0.1, 0.15) is 5.56 Å². The maximum absolute atomic E-state index is 12.8. The molecule has 0 spiro atoms. The Kier molecular flexibility index (Phi) is 2.11. The highest BCUT2D eigenvalue weighted by atomic mass is 79.9. The molecule has 1 rings (SSSR count). The summed E-state index contributed by atoms with van der Waals surface area (Å²) in [6, 6.07) is 4.32. The summed E-state index contributed by atoms with van der Waals surface area (Å²) in [6.07, 6.45) is 0. The highest BCUT2D eigenvalue weighted by Gasteiger charge is 2.06. The molecule has 0 unspecified atom stereocenters. The van der Waals surface area contributed by atoms with Gasteiger partial charge in [0.05, 0.1) is 0 Å². The monoisotopic (exact) mass is 214 g/mol. The fourth-order valence-corrected chi connectivity index (χ4v) is 1.24. The molecule has 4 heteroatoms. The van der Waals surface area contributed by atoms with E-state index < -0.39 is 5.82 Å². The normalized spacial score (nSPS) is 9.18. The average Bonchev–Trinajstić information content (AvgIpc) is 1.85. The van der Waals surface area contributed by atoms with Crippen molar-refractivity contribution < 1.29 is 4.39 Å². The number of halogens is 2. The van der Waals surface area contributed by atoms with Gasteiger partial charge in [-0.1, -0.05) is 0 Å². The highest BCUT2D eigenvalue weighted by molar-refractivity contribution is 9.10. The van der Waals surface area contributed by atoms with Gasteiger partial charge >= 0.3 is 0 Å². The lowest BCUT2D eigenvalue weighted by Gasteiger charge is -1.98. The number of anilines is 1. The molecule has 56 valence electrons. The molecule has 0 heterocycles. The zero-order valence-corrected chi connectivity index (χ0v) is 7.02. The van der Waals surface area contributed by atoms with E-state index in [1.807, 2.05) is 0 Å². The van der Waals surface area contributed by atoms with Gasteiger partial charge in [0.15, 0.2) is 0 Å². The van der Waals surface area contributed by atoms with Crippen LogP contribution in [-0.2, 0) is 0 Å². The number of benzene rings is 1. The molecular weight excluding hydrogens is 211 g/mol. The summed E-state index contributed by atoms with van der Waals surface area (Å²) in [5.41, 5.74) is 5.59. The molecule has 0 aromatic heterocycles. The molecule has 0 amide bonds. The number of nitriles is 1.